The SMILES string of the molecule is C=CC1CCC(=C)C(C#N)C1. The number of nitrogens with zero attached hydrogens (tertiary/aromatic N) is 1. The first kappa shape index (κ1) is 8.07. The molecule has 0 aromatic heterocycles. The fourth-order valence-corrected chi connectivity index (χ4v) is 1.49. The lowest BCUT2D eigenvalue weighted by atomic mass is 9.79. The van der Waals surface area contributed by atoms with Crippen LogP contribution in [0, 0.1) is 23.2 Å². The maximum atomic E-state index is 8.73. The Morgan fingerprint density at radius 2 is 2.36 bits per heavy atom. The highest BCUT2D eigenvalue weighted by molar-refractivity contribution is 5.14. The highest BCUT2D eigenvalue weighted by Crippen LogP contribution is 2.32. The van der Waals surface area contributed by atoms with E-state index < -0.39 is 0 Å². The molecule has 0 saturated heterocycles. The lowest BCUT2D eigenvalue weighted by molar-refractivity contribution is 0.436. The molecule has 1 aliphatic rings. The van der Waals surface area contributed by atoms with Crippen LogP contribution >= 0.6 is 0 Å². The van der Waals surface area contributed by atoms with Gasteiger partial charge < -0.3 is 0 Å². The molecule has 1 heteroatoms. The molecular formula is C10H13N. The number of allylic oxidation sites excluding steroid dienone is 2. The van der Waals surface area contributed by atoms with Crippen molar-refractivity contribution in [2.24, 2.45) is 11.8 Å². The second-order valence-corrected chi connectivity index (χ2v) is 3.11. The molecule has 0 radical (unpaired) electrons. The van der Waals surface area contributed by atoms with Gasteiger partial charge in [0.15, 0.2) is 0 Å². The van der Waals surface area contributed by atoms with Crippen LogP contribution in [0.1, 0.15) is 19.3 Å². The van der Waals surface area contributed by atoms with Gasteiger partial charge in [-0.15, -0.1) is 6.58 Å². The monoisotopic (exact) mass is 147 g/mol. The van der Waals surface area contributed by atoms with Gasteiger partial charge in [0.2, 0.25) is 0 Å². The first-order valence-corrected chi connectivity index (χ1v) is 3.97. The summed E-state index contributed by atoms with van der Waals surface area (Å²) >= 11 is 0. The Labute approximate surface area is 68.0 Å². The summed E-state index contributed by atoms with van der Waals surface area (Å²) in [7, 11) is 0. The molecule has 0 amide bonds. The Morgan fingerprint density at radius 3 is 2.91 bits per heavy atom. The predicted molar refractivity (Wildman–Crippen MR) is 45.8 cm³/mol. The Bertz CT molecular complexity index is 209. The van der Waals surface area contributed by atoms with Crippen molar-refractivity contribution in [2.45, 2.75) is 19.3 Å². The summed E-state index contributed by atoms with van der Waals surface area (Å²) in [5.41, 5.74) is 1.10. The predicted octanol–water partition coefficient (Wildman–Crippen LogP) is 2.67. The zero-order valence-corrected chi connectivity index (χ0v) is 6.71. The molecule has 2 unspecified atom stereocenters. The van der Waals surface area contributed by atoms with Crippen LogP contribution in [0.4, 0.5) is 0 Å². The Morgan fingerprint density at radius 1 is 1.64 bits per heavy atom. The maximum absolute atomic E-state index is 8.73. The fourth-order valence-electron chi connectivity index (χ4n) is 1.49. The van der Waals surface area contributed by atoms with Crippen LogP contribution in [0.2, 0.25) is 0 Å². The normalized spacial score (nSPS) is 31.0. The molecule has 1 aliphatic carbocycles. The van der Waals surface area contributed by atoms with Crippen LogP contribution in [-0.2, 0) is 0 Å². The molecular weight excluding hydrogens is 134 g/mol. The topological polar surface area (TPSA) is 23.8 Å². The maximum Gasteiger partial charge on any atom is 0.0700 e. The zero-order chi connectivity index (χ0) is 8.27. The third-order valence-corrected chi connectivity index (χ3v) is 2.36. The number of rotatable bonds is 1. The third-order valence-electron chi connectivity index (χ3n) is 2.36. The molecule has 1 fully saturated rings. The van der Waals surface area contributed by atoms with Crippen molar-refractivity contribution in [1.29, 1.82) is 5.26 Å². The van der Waals surface area contributed by atoms with Crippen LogP contribution in [-0.4, -0.2) is 0 Å². The molecule has 0 spiro atoms. The second-order valence-electron chi connectivity index (χ2n) is 3.11. The summed E-state index contributed by atoms with van der Waals surface area (Å²) in [5, 5.41) is 8.73. The van der Waals surface area contributed by atoms with E-state index in [1.165, 1.54) is 0 Å². The molecule has 0 aliphatic heterocycles. The van der Waals surface area contributed by atoms with E-state index in [2.05, 4.69) is 19.2 Å². The van der Waals surface area contributed by atoms with E-state index in [1.807, 2.05) is 6.08 Å². The largest absolute Gasteiger partial charge is 0.198 e. The van der Waals surface area contributed by atoms with Crippen LogP contribution in [0.15, 0.2) is 24.8 Å². The lowest BCUT2D eigenvalue weighted by Crippen LogP contribution is -2.14. The summed E-state index contributed by atoms with van der Waals surface area (Å²) in [5.74, 6) is 0.608. The van der Waals surface area contributed by atoms with Crippen molar-refractivity contribution in [3.63, 3.8) is 0 Å². The van der Waals surface area contributed by atoms with E-state index in [0.29, 0.717) is 5.92 Å². The molecule has 58 valence electrons. The van der Waals surface area contributed by atoms with E-state index in [-0.39, 0.29) is 5.92 Å². The summed E-state index contributed by atoms with van der Waals surface area (Å²) in [6.07, 6.45) is 5.00. The van der Waals surface area contributed by atoms with Crippen LogP contribution in [0.3, 0.4) is 0 Å². The van der Waals surface area contributed by atoms with Gasteiger partial charge in [0, 0.05) is 0 Å². The number of hydrogen-bond donors (Lipinski definition) is 0. The molecule has 0 heterocycles. The van der Waals surface area contributed by atoms with Gasteiger partial charge in [-0.05, 0) is 25.2 Å². The van der Waals surface area contributed by atoms with E-state index >= 15 is 0 Å². The molecule has 1 saturated carbocycles. The van der Waals surface area contributed by atoms with Crippen LogP contribution in [0.25, 0.3) is 0 Å². The summed E-state index contributed by atoms with van der Waals surface area (Å²) in [4.78, 5) is 0. The first-order valence-electron chi connectivity index (χ1n) is 3.97. The van der Waals surface area contributed by atoms with Crippen molar-refractivity contribution in [3.8, 4) is 6.07 Å². The van der Waals surface area contributed by atoms with Gasteiger partial charge in [-0.1, -0.05) is 18.2 Å². The average Bonchev–Trinajstić information content (AvgIpc) is 2.05. The summed E-state index contributed by atoms with van der Waals surface area (Å²) < 4.78 is 0. The van der Waals surface area contributed by atoms with Gasteiger partial charge in [-0.2, -0.15) is 5.26 Å². The molecule has 0 bridgehead atoms. The number of nitriles is 1. The van der Waals surface area contributed by atoms with Gasteiger partial charge >= 0.3 is 0 Å². The summed E-state index contributed by atoms with van der Waals surface area (Å²) in [6.45, 7) is 7.62. The molecule has 2 atom stereocenters. The highest BCUT2D eigenvalue weighted by Gasteiger charge is 2.22. The number of hydrogen-bond acceptors (Lipinski definition) is 1. The van der Waals surface area contributed by atoms with Gasteiger partial charge in [-0.25, -0.2) is 0 Å². The van der Waals surface area contributed by atoms with Gasteiger partial charge in [0.25, 0.3) is 0 Å². The van der Waals surface area contributed by atoms with Gasteiger partial charge in [0.05, 0.1) is 12.0 Å². The molecule has 11 heavy (non-hydrogen) atoms. The first-order chi connectivity index (χ1) is 5.27. The molecule has 1 rings (SSSR count). The average molecular weight is 147 g/mol. The third kappa shape index (κ3) is 1.71. The molecule has 0 N–H and O–H groups in total. The van der Waals surface area contributed by atoms with E-state index in [1.54, 1.807) is 0 Å². The van der Waals surface area contributed by atoms with Crippen molar-refractivity contribution in [3.05, 3.63) is 24.8 Å². The smallest absolute Gasteiger partial charge is 0.0700 e. The van der Waals surface area contributed by atoms with E-state index in [0.717, 1.165) is 24.8 Å². The minimum absolute atomic E-state index is 0.0757. The lowest BCUT2D eigenvalue weighted by Gasteiger charge is -2.24. The zero-order valence-electron chi connectivity index (χ0n) is 6.71. The van der Waals surface area contributed by atoms with Crippen LogP contribution < -0.4 is 0 Å². The minimum Gasteiger partial charge on any atom is -0.198 e. The van der Waals surface area contributed by atoms with Gasteiger partial charge in [-0.3, -0.25) is 0 Å². The van der Waals surface area contributed by atoms with Crippen molar-refractivity contribution < 1.29 is 0 Å². The fraction of sp³-hybridized carbons (Fsp3) is 0.500. The summed E-state index contributed by atoms with van der Waals surface area (Å²) in [6, 6.07) is 2.27. The minimum atomic E-state index is 0.0757. The standard InChI is InChI=1S/C10H13N/c1-3-9-5-4-8(2)10(6-9)7-11/h3,9-10H,1-2,4-6H2. The Balaban J connectivity index is 2.59. The van der Waals surface area contributed by atoms with Gasteiger partial charge in [0.1, 0.15) is 0 Å². The molecule has 0 aromatic carbocycles. The second kappa shape index (κ2) is 3.39. The van der Waals surface area contributed by atoms with E-state index in [4.69, 9.17) is 5.26 Å². The molecule has 1 nitrogen and oxygen atoms in total. The van der Waals surface area contributed by atoms with Crippen molar-refractivity contribution >= 4 is 0 Å². The highest BCUT2D eigenvalue weighted by atomic mass is 14.3. The van der Waals surface area contributed by atoms with Crippen molar-refractivity contribution in [1.82, 2.24) is 0 Å². The van der Waals surface area contributed by atoms with Crippen molar-refractivity contribution in [2.75, 3.05) is 0 Å². The molecule has 0 aromatic rings. The van der Waals surface area contributed by atoms with E-state index in [9.17, 15) is 0 Å². The van der Waals surface area contributed by atoms with Crippen LogP contribution in [0.5, 0.6) is 0 Å². The Hall–Kier alpha value is -1.03. The quantitative estimate of drug-likeness (QED) is 0.523. The Kier molecular flexibility index (Phi) is 2.48.